The van der Waals surface area contributed by atoms with Crippen LogP contribution >= 0.6 is 0 Å². The van der Waals surface area contributed by atoms with Gasteiger partial charge in [-0.15, -0.1) is 0 Å². The van der Waals surface area contributed by atoms with Crippen molar-refractivity contribution in [3.05, 3.63) is 30.3 Å². The molecule has 0 radical (unpaired) electrons. The van der Waals surface area contributed by atoms with E-state index in [0.29, 0.717) is 0 Å². The van der Waals surface area contributed by atoms with Crippen LogP contribution in [-0.2, 0) is 4.74 Å². The Labute approximate surface area is 143 Å². The highest BCUT2D eigenvalue weighted by Crippen LogP contribution is 2.29. The van der Waals surface area contributed by atoms with Crippen molar-refractivity contribution in [3.8, 4) is 5.75 Å². The Hall–Kier alpha value is -1.02. The molecule has 1 aromatic carbocycles. The smallest absolute Gasteiger partial charge is 0.210 e. The van der Waals surface area contributed by atoms with Crippen LogP contribution in [0.1, 0.15) is 84.5 Å². The van der Waals surface area contributed by atoms with Crippen LogP contribution < -0.4 is 4.74 Å². The van der Waals surface area contributed by atoms with Gasteiger partial charge in [-0.05, 0) is 25.0 Å². The average Bonchev–Trinajstić information content (AvgIpc) is 2.59. The molecule has 2 nitrogen and oxygen atoms in total. The van der Waals surface area contributed by atoms with Gasteiger partial charge in [0.1, 0.15) is 5.75 Å². The summed E-state index contributed by atoms with van der Waals surface area (Å²) in [7, 11) is 1.79. The molecule has 132 valence electrons. The van der Waals surface area contributed by atoms with Crippen LogP contribution in [0.25, 0.3) is 0 Å². The van der Waals surface area contributed by atoms with Crippen molar-refractivity contribution < 1.29 is 9.47 Å². The second-order valence-corrected chi connectivity index (χ2v) is 6.50. The van der Waals surface area contributed by atoms with Gasteiger partial charge >= 0.3 is 0 Å². The standard InChI is InChI=1S/C21H36O2/c1-4-6-8-9-10-11-15-19-21(22-3,18-7-5-2)23-20-16-13-12-14-17-20/h12-14,16-17H,4-11,15,18-19H2,1-3H3. The fraction of sp³-hybridized carbons (Fsp3) is 0.714. The summed E-state index contributed by atoms with van der Waals surface area (Å²) >= 11 is 0. The maximum Gasteiger partial charge on any atom is 0.210 e. The first-order chi connectivity index (χ1) is 11.3. The molecule has 0 aliphatic rings. The Morgan fingerprint density at radius 3 is 1.91 bits per heavy atom. The van der Waals surface area contributed by atoms with E-state index in [2.05, 4.69) is 13.8 Å². The molecule has 0 saturated heterocycles. The molecule has 0 spiro atoms. The fourth-order valence-corrected chi connectivity index (χ4v) is 2.97. The Kier molecular flexibility index (Phi) is 10.8. The van der Waals surface area contributed by atoms with Crippen molar-refractivity contribution in [2.45, 2.75) is 90.3 Å². The van der Waals surface area contributed by atoms with Gasteiger partial charge in [0.15, 0.2) is 0 Å². The summed E-state index contributed by atoms with van der Waals surface area (Å²) in [6.07, 6.45) is 13.5. The minimum absolute atomic E-state index is 0.458. The maximum atomic E-state index is 6.28. The van der Waals surface area contributed by atoms with Gasteiger partial charge in [-0.2, -0.15) is 0 Å². The van der Waals surface area contributed by atoms with Gasteiger partial charge in [0.05, 0.1) is 0 Å². The normalized spacial score (nSPS) is 13.7. The van der Waals surface area contributed by atoms with Crippen LogP contribution in [0.3, 0.4) is 0 Å². The zero-order valence-electron chi connectivity index (χ0n) is 15.5. The lowest BCUT2D eigenvalue weighted by molar-refractivity contribution is -0.175. The van der Waals surface area contributed by atoms with E-state index in [-0.39, 0.29) is 0 Å². The summed E-state index contributed by atoms with van der Waals surface area (Å²) in [5, 5.41) is 0. The summed E-state index contributed by atoms with van der Waals surface area (Å²) in [6, 6.07) is 10.1. The molecule has 1 atom stereocenters. The first-order valence-electron chi connectivity index (χ1n) is 9.55. The van der Waals surface area contributed by atoms with Crippen LogP contribution in [0.15, 0.2) is 30.3 Å². The Balaban J connectivity index is 2.47. The van der Waals surface area contributed by atoms with Crippen LogP contribution in [0, 0.1) is 0 Å². The second kappa shape index (κ2) is 12.4. The summed E-state index contributed by atoms with van der Waals surface area (Å²) in [5.74, 6) is 0.453. The quantitative estimate of drug-likeness (QED) is 0.279. The molecule has 0 saturated carbocycles. The summed E-state index contributed by atoms with van der Waals surface area (Å²) in [5.41, 5.74) is 0. The third kappa shape index (κ3) is 8.41. The molecule has 0 aliphatic heterocycles. The summed E-state index contributed by atoms with van der Waals surface area (Å²) in [4.78, 5) is 0. The second-order valence-electron chi connectivity index (χ2n) is 6.50. The topological polar surface area (TPSA) is 18.5 Å². The highest BCUT2D eigenvalue weighted by molar-refractivity contribution is 5.21. The lowest BCUT2D eigenvalue weighted by atomic mass is 10.00. The lowest BCUT2D eigenvalue weighted by Gasteiger charge is -2.33. The number of rotatable bonds is 14. The number of methoxy groups -OCH3 is 1. The Morgan fingerprint density at radius 1 is 0.739 bits per heavy atom. The predicted molar refractivity (Wildman–Crippen MR) is 98.9 cm³/mol. The number of unbranched alkanes of at least 4 members (excludes halogenated alkanes) is 7. The minimum Gasteiger partial charge on any atom is -0.462 e. The van der Waals surface area contributed by atoms with E-state index in [4.69, 9.17) is 9.47 Å². The monoisotopic (exact) mass is 320 g/mol. The van der Waals surface area contributed by atoms with E-state index >= 15 is 0 Å². The highest BCUT2D eigenvalue weighted by Gasteiger charge is 2.31. The first kappa shape index (κ1) is 20.0. The summed E-state index contributed by atoms with van der Waals surface area (Å²) in [6.45, 7) is 4.48. The van der Waals surface area contributed by atoms with Crippen LogP contribution in [0.5, 0.6) is 5.75 Å². The van der Waals surface area contributed by atoms with Gasteiger partial charge in [0.2, 0.25) is 5.79 Å². The minimum atomic E-state index is -0.458. The lowest BCUT2D eigenvalue weighted by Crippen LogP contribution is -2.38. The summed E-state index contributed by atoms with van der Waals surface area (Å²) < 4.78 is 12.1. The number of para-hydroxylation sites is 1. The van der Waals surface area contributed by atoms with E-state index in [1.807, 2.05) is 30.3 Å². The van der Waals surface area contributed by atoms with Crippen molar-refractivity contribution in [2.75, 3.05) is 7.11 Å². The molecule has 0 heterocycles. The molecule has 0 aliphatic carbocycles. The first-order valence-corrected chi connectivity index (χ1v) is 9.55. The van der Waals surface area contributed by atoms with Crippen molar-refractivity contribution >= 4 is 0 Å². The van der Waals surface area contributed by atoms with E-state index in [1.54, 1.807) is 7.11 Å². The zero-order valence-corrected chi connectivity index (χ0v) is 15.5. The molecule has 0 bridgehead atoms. The van der Waals surface area contributed by atoms with Crippen molar-refractivity contribution in [1.29, 1.82) is 0 Å². The SMILES string of the molecule is CCCCCCCCCC(CCCC)(OC)Oc1ccccc1. The number of hydrogen-bond donors (Lipinski definition) is 0. The van der Waals surface area contributed by atoms with Gasteiger partial charge in [-0.25, -0.2) is 0 Å². The fourth-order valence-electron chi connectivity index (χ4n) is 2.97. The largest absolute Gasteiger partial charge is 0.462 e. The molecule has 0 N–H and O–H groups in total. The predicted octanol–water partition coefficient (Wildman–Crippen LogP) is 6.74. The van der Waals surface area contributed by atoms with Crippen LogP contribution in [0.4, 0.5) is 0 Å². The van der Waals surface area contributed by atoms with E-state index in [1.165, 1.54) is 51.4 Å². The number of benzene rings is 1. The highest BCUT2D eigenvalue weighted by atomic mass is 16.7. The van der Waals surface area contributed by atoms with E-state index in [9.17, 15) is 0 Å². The third-order valence-electron chi connectivity index (χ3n) is 4.49. The maximum absolute atomic E-state index is 6.28. The number of ether oxygens (including phenoxy) is 2. The van der Waals surface area contributed by atoms with Crippen molar-refractivity contribution in [1.82, 2.24) is 0 Å². The molecule has 0 fully saturated rings. The van der Waals surface area contributed by atoms with Crippen LogP contribution in [0.2, 0.25) is 0 Å². The van der Waals surface area contributed by atoms with Crippen molar-refractivity contribution in [3.63, 3.8) is 0 Å². The molecule has 0 amide bonds. The molecule has 2 heteroatoms. The molecule has 0 aromatic heterocycles. The average molecular weight is 321 g/mol. The van der Waals surface area contributed by atoms with E-state index < -0.39 is 5.79 Å². The Bertz CT molecular complexity index is 377. The zero-order chi connectivity index (χ0) is 16.8. The van der Waals surface area contributed by atoms with Crippen LogP contribution in [-0.4, -0.2) is 12.9 Å². The molecule has 23 heavy (non-hydrogen) atoms. The van der Waals surface area contributed by atoms with Gasteiger partial charge in [-0.3, -0.25) is 0 Å². The van der Waals surface area contributed by atoms with Crippen molar-refractivity contribution in [2.24, 2.45) is 0 Å². The molecular weight excluding hydrogens is 284 g/mol. The van der Waals surface area contributed by atoms with E-state index in [0.717, 1.165) is 25.0 Å². The molecule has 1 aromatic rings. The van der Waals surface area contributed by atoms with Gasteiger partial charge < -0.3 is 9.47 Å². The van der Waals surface area contributed by atoms with Gasteiger partial charge in [0.25, 0.3) is 0 Å². The Morgan fingerprint density at radius 2 is 1.30 bits per heavy atom. The number of hydrogen-bond acceptors (Lipinski definition) is 2. The molecular formula is C21H36O2. The molecule has 1 rings (SSSR count). The van der Waals surface area contributed by atoms with Gasteiger partial charge in [-0.1, -0.05) is 77.0 Å². The third-order valence-corrected chi connectivity index (χ3v) is 4.49. The molecule has 1 unspecified atom stereocenters. The van der Waals surface area contributed by atoms with Gasteiger partial charge in [0, 0.05) is 20.0 Å².